The minimum atomic E-state index is -0.912. The molecule has 30 heavy (non-hydrogen) atoms. The lowest BCUT2D eigenvalue weighted by atomic mass is 10.1. The van der Waals surface area contributed by atoms with E-state index in [1.165, 1.54) is 18.2 Å². The van der Waals surface area contributed by atoms with Crippen molar-refractivity contribution in [2.45, 2.75) is 39.0 Å². The second kappa shape index (κ2) is 8.48. The molecule has 9 nitrogen and oxygen atoms in total. The number of allylic oxidation sites excluding steroid dienone is 1. The van der Waals surface area contributed by atoms with Gasteiger partial charge in [0.05, 0.1) is 37.8 Å². The van der Waals surface area contributed by atoms with Crippen molar-refractivity contribution in [3.05, 3.63) is 49.0 Å². The molecule has 1 aliphatic heterocycles. The molecule has 3 rings (SSSR count). The third-order valence-corrected chi connectivity index (χ3v) is 4.21. The molecule has 1 aliphatic rings. The van der Waals surface area contributed by atoms with Crippen molar-refractivity contribution in [2.24, 2.45) is 0 Å². The van der Waals surface area contributed by atoms with Crippen LogP contribution in [0.1, 0.15) is 20.8 Å². The summed E-state index contributed by atoms with van der Waals surface area (Å²) in [6.45, 7) is 9.50. The summed E-state index contributed by atoms with van der Waals surface area (Å²) in [4.78, 5) is 27.0. The Morgan fingerprint density at radius 2 is 2.07 bits per heavy atom. The average molecular weight is 414 g/mol. The molecule has 1 aromatic carbocycles. The number of anilines is 2. The van der Waals surface area contributed by atoms with Crippen molar-refractivity contribution in [1.29, 1.82) is 0 Å². The van der Waals surface area contributed by atoms with Crippen LogP contribution in [0.4, 0.5) is 16.2 Å². The number of fused-ring (bicyclic) bond motifs is 1. The van der Waals surface area contributed by atoms with Crippen molar-refractivity contribution >= 4 is 23.4 Å². The Balaban J connectivity index is 1.74. The highest BCUT2D eigenvalue weighted by Crippen LogP contribution is 2.34. The molecule has 1 atom stereocenters. The summed E-state index contributed by atoms with van der Waals surface area (Å²) in [5.74, 6) is 0.571. The van der Waals surface area contributed by atoms with Crippen molar-refractivity contribution in [2.75, 3.05) is 23.9 Å². The summed E-state index contributed by atoms with van der Waals surface area (Å²) in [5, 5.41) is 6.92. The maximum Gasteiger partial charge on any atom is 0.415 e. The molecule has 0 bridgehead atoms. The summed E-state index contributed by atoms with van der Waals surface area (Å²) < 4.78 is 18.0. The smallest absolute Gasteiger partial charge is 0.415 e. The predicted octanol–water partition coefficient (Wildman–Crippen LogP) is 3.18. The number of benzene rings is 1. The van der Waals surface area contributed by atoms with Gasteiger partial charge in [0.25, 0.3) is 5.91 Å². The topological polar surface area (TPSA) is 94.9 Å². The van der Waals surface area contributed by atoms with E-state index >= 15 is 0 Å². The van der Waals surface area contributed by atoms with Gasteiger partial charge in [-0.2, -0.15) is 5.10 Å². The number of methoxy groups -OCH3 is 1. The number of hydrogen-bond donors (Lipinski definition) is 1. The van der Waals surface area contributed by atoms with Crippen molar-refractivity contribution in [3.63, 3.8) is 0 Å². The lowest BCUT2D eigenvalue weighted by Crippen LogP contribution is -2.50. The molecule has 0 radical (unpaired) electrons. The Kier molecular flexibility index (Phi) is 6.00. The Morgan fingerprint density at radius 3 is 2.77 bits per heavy atom. The number of carbonyl (C=O) groups is 2. The Labute approximate surface area is 175 Å². The minimum Gasteiger partial charge on any atom is -0.500 e. The van der Waals surface area contributed by atoms with E-state index in [4.69, 9.17) is 14.2 Å². The number of aromatic nitrogens is 2. The number of nitrogens with zero attached hydrogens (tertiary/aromatic N) is 3. The Morgan fingerprint density at radius 1 is 1.33 bits per heavy atom. The van der Waals surface area contributed by atoms with Gasteiger partial charge >= 0.3 is 6.09 Å². The van der Waals surface area contributed by atoms with E-state index in [1.54, 1.807) is 55.9 Å². The molecule has 1 N–H and O–H groups in total. The van der Waals surface area contributed by atoms with Crippen LogP contribution in [0.25, 0.3) is 0 Å². The molecule has 1 unspecified atom stereocenters. The van der Waals surface area contributed by atoms with Crippen LogP contribution in [0, 0.1) is 0 Å². The number of ether oxygens (including phenoxy) is 3. The van der Waals surface area contributed by atoms with Crippen LogP contribution in [0.15, 0.2) is 49.0 Å². The van der Waals surface area contributed by atoms with Crippen LogP contribution in [0.3, 0.4) is 0 Å². The van der Waals surface area contributed by atoms with E-state index in [0.29, 0.717) is 29.4 Å². The fourth-order valence-electron chi connectivity index (χ4n) is 2.84. The van der Waals surface area contributed by atoms with E-state index in [-0.39, 0.29) is 6.54 Å². The first-order valence-electron chi connectivity index (χ1n) is 9.47. The van der Waals surface area contributed by atoms with Gasteiger partial charge in [-0.1, -0.05) is 18.7 Å². The summed E-state index contributed by atoms with van der Waals surface area (Å²) in [7, 11) is 1.53. The van der Waals surface area contributed by atoms with Gasteiger partial charge in [-0.05, 0) is 32.9 Å². The molecule has 9 heteroatoms. The fraction of sp³-hybridized carbons (Fsp3) is 0.381. The van der Waals surface area contributed by atoms with Gasteiger partial charge < -0.3 is 19.5 Å². The lowest BCUT2D eigenvalue weighted by molar-refractivity contribution is -0.122. The van der Waals surface area contributed by atoms with Gasteiger partial charge in [0.15, 0.2) is 6.10 Å². The fourth-order valence-corrected chi connectivity index (χ4v) is 2.84. The van der Waals surface area contributed by atoms with Gasteiger partial charge in [-0.15, -0.1) is 0 Å². The number of amides is 2. The molecule has 1 aromatic heterocycles. The van der Waals surface area contributed by atoms with E-state index in [0.717, 1.165) is 0 Å². The second-order valence-corrected chi connectivity index (χ2v) is 7.82. The summed E-state index contributed by atoms with van der Waals surface area (Å²) >= 11 is 0. The highest BCUT2D eigenvalue weighted by molar-refractivity contribution is 5.98. The number of rotatable bonds is 5. The Hall–Kier alpha value is -3.49. The molecule has 2 heterocycles. The molecule has 2 amide bonds. The zero-order valence-electron chi connectivity index (χ0n) is 17.5. The molecule has 0 saturated carbocycles. The van der Waals surface area contributed by atoms with Crippen LogP contribution in [-0.2, 0) is 20.8 Å². The molecule has 0 saturated heterocycles. The van der Waals surface area contributed by atoms with Gasteiger partial charge in [0, 0.05) is 6.20 Å². The van der Waals surface area contributed by atoms with Crippen molar-refractivity contribution < 1.29 is 23.8 Å². The molecular weight excluding hydrogens is 388 g/mol. The van der Waals surface area contributed by atoms with Crippen molar-refractivity contribution in [3.8, 4) is 5.75 Å². The van der Waals surface area contributed by atoms with E-state index in [1.807, 2.05) is 0 Å². The van der Waals surface area contributed by atoms with Crippen LogP contribution in [0.5, 0.6) is 5.75 Å². The highest BCUT2D eigenvalue weighted by atomic mass is 16.6. The quantitative estimate of drug-likeness (QED) is 0.755. The van der Waals surface area contributed by atoms with Crippen LogP contribution < -0.4 is 15.0 Å². The van der Waals surface area contributed by atoms with Gasteiger partial charge in [-0.25, -0.2) is 4.79 Å². The minimum absolute atomic E-state index is 0.0202. The van der Waals surface area contributed by atoms with E-state index in [2.05, 4.69) is 17.0 Å². The van der Waals surface area contributed by atoms with Gasteiger partial charge in [0.1, 0.15) is 17.1 Å². The molecule has 2 aromatic rings. The molecule has 160 valence electrons. The third-order valence-electron chi connectivity index (χ3n) is 4.21. The first-order chi connectivity index (χ1) is 14.2. The van der Waals surface area contributed by atoms with Crippen molar-refractivity contribution in [1.82, 2.24) is 9.78 Å². The molecule has 0 spiro atoms. The first-order valence-corrected chi connectivity index (χ1v) is 9.47. The maximum absolute atomic E-state index is 12.8. The summed E-state index contributed by atoms with van der Waals surface area (Å²) in [6, 6.07) is 7.03. The van der Waals surface area contributed by atoms with E-state index < -0.39 is 23.7 Å². The zero-order chi connectivity index (χ0) is 21.9. The molecular formula is C21H26N4O5. The lowest BCUT2D eigenvalue weighted by Gasteiger charge is -2.35. The molecule has 0 fully saturated rings. The van der Waals surface area contributed by atoms with Gasteiger partial charge in [0.2, 0.25) is 0 Å². The first kappa shape index (κ1) is 21.2. The summed E-state index contributed by atoms with van der Waals surface area (Å²) in [6.07, 6.45) is 1.72. The number of carbonyl (C=O) groups excluding carboxylic acids is 2. The number of nitrogens with one attached hydrogen (secondary N) is 1. The van der Waals surface area contributed by atoms with Crippen LogP contribution >= 0.6 is 0 Å². The Bertz CT molecular complexity index is 947. The third kappa shape index (κ3) is 5.11. The normalized spacial score (nSPS) is 15.6. The number of para-hydroxylation sites is 2. The standard InChI is InChI=1S/C21H26N4O5/c1-14(28-5)11-24-12-15(10-22-24)23-19(26)18-13-25(20(27)30-21(2,3)4)16-8-6-7-9-17(16)29-18/h6-10,12,18H,1,11,13H2,2-5H3,(H,23,26). The van der Waals surface area contributed by atoms with Crippen LogP contribution in [-0.4, -0.2) is 47.1 Å². The highest BCUT2D eigenvalue weighted by Gasteiger charge is 2.36. The molecule has 0 aliphatic carbocycles. The van der Waals surface area contributed by atoms with E-state index in [9.17, 15) is 9.59 Å². The number of hydrogen-bond acceptors (Lipinski definition) is 6. The average Bonchev–Trinajstić information content (AvgIpc) is 3.12. The monoisotopic (exact) mass is 414 g/mol. The SMILES string of the molecule is C=C(Cn1cc(NC(=O)C2CN(C(=O)OC(C)(C)C)c3ccccc3O2)cn1)OC. The van der Waals surface area contributed by atoms with Crippen LogP contribution in [0.2, 0.25) is 0 Å². The summed E-state index contributed by atoms with van der Waals surface area (Å²) in [5.41, 5.74) is 0.389. The largest absolute Gasteiger partial charge is 0.500 e. The van der Waals surface area contributed by atoms with Gasteiger partial charge in [-0.3, -0.25) is 14.4 Å². The zero-order valence-corrected chi connectivity index (χ0v) is 17.5. The second-order valence-electron chi connectivity index (χ2n) is 7.82. The maximum atomic E-state index is 12.8. The predicted molar refractivity (Wildman–Crippen MR) is 111 cm³/mol.